The molecule has 0 aliphatic carbocycles. The highest BCUT2D eigenvalue weighted by atomic mass is 16.5. The van der Waals surface area contributed by atoms with Crippen LogP contribution >= 0.6 is 0 Å². The number of aromatic nitrogens is 2. The van der Waals surface area contributed by atoms with Crippen molar-refractivity contribution in [3.05, 3.63) is 71.5 Å². The van der Waals surface area contributed by atoms with Crippen LogP contribution in [0.25, 0.3) is 0 Å². The van der Waals surface area contributed by atoms with Crippen molar-refractivity contribution in [1.29, 1.82) is 0 Å². The van der Waals surface area contributed by atoms with E-state index in [0.717, 1.165) is 5.56 Å². The number of nitrogens with zero attached hydrogens (tertiary/aromatic N) is 2. The number of nitrogens with one attached hydrogen (secondary N) is 2. The third-order valence-electron chi connectivity index (χ3n) is 4.02. The summed E-state index contributed by atoms with van der Waals surface area (Å²) < 4.78 is 10.3. The Bertz CT molecular complexity index is 1040. The van der Waals surface area contributed by atoms with Crippen molar-refractivity contribution >= 4 is 23.4 Å². The number of carbonyl (C=O) groups is 2. The molecule has 0 fully saturated rings. The predicted octanol–water partition coefficient (Wildman–Crippen LogP) is 2.70. The van der Waals surface area contributed by atoms with Crippen molar-refractivity contribution in [2.24, 2.45) is 0 Å². The van der Waals surface area contributed by atoms with Crippen LogP contribution in [0.1, 0.15) is 26.3 Å². The zero-order valence-corrected chi connectivity index (χ0v) is 15.8. The molecule has 9 heteroatoms. The van der Waals surface area contributed by atoms with Gasteiger partial charge in [-0.2, -0.15) is 4.98 Å². The van der Waals surface area contributed by atoms with Gasteiger partial charge in [0.25, 0.3) is 5.91 Å². The van der Waals surface area contributed by atoms with Gasteiger partial charge in [-0.3, -0.25) is 15.6 Å². The molecule has 0 unspecified atom stereocenters. The Labute approximate surface area is 166 Å². The van der Waals surface area contributed by atoms with Crippen LogP contribution in [-0.4, -0.2) is 29.0 Å². The molecule has 0 saturated carbocycles. The molecule has 2 aromatic carbocycles. The molecule has 4 N–H and O–H groups in total. The molecule has 9 nitrogen and oxygen atoms in total. The fourth-order valence-corrected chi connectivity index (χ4v) is 2.46. The number of rotatable bonds is 6. The van der Waals surface area contributed by atoms with Crippen LogP contribution < -0.4 is 21.3 Å². The number of anilines is 2. The van der Waals surface area contributed by atoms with E-state index in [1.165, 1.54) is 13.4 Å². The minimum absolute atomic E-state index is 0.0958. The number of carbonyl (C=O) groups excluding carboxylic acids is 2. The summed E-state index contributed by atoms with van der Waals surface area (Å²) >= 11 is 0. The van der Waals surface area contributed by atoms with Gasteiger partial charge in [0.1, 0.15) is 17.8 Å². The summed E-state index contributed by atoms with van der Waals surface area (Å²) in [7, 11) is 1.31. The number of benzene rings is 2. The van der Waals surface area contributed by atoms with Crippen LogP contribution in [-0.2, 0) is 4.74 Å². The summed E-state index contributed by atoms with van der Waals surface area (Å²) in [6, 6.07) is 13.5. The zero-order chi connectivity index (χ0) is 20.8. The van der Waals surface area contributed by atoms with Crippen LogP contribution in [0.2, 0.25) is 0 Å². The predicted molar refractivity (Wildman–Crippen MR) is 107 cm³/mol. The Kier molecular flexibility index (Phi) is 5.88. The van der Waals surface area contributed by atoms with Gasteiger partial charge in [-0.1, -0.05) is 18.2 Å². The SMILES string of the molecule is COC(=O)c1ccc(Oc2ncnc(NNC(=O)c3ccccc3C)c2N)cc1. The number of ether oxygens (including phenoxy) is 2. The molecule has 0 atom stereocenters. The van der Waals surface area contributed by atoms with E-state index in [1.54, 1.807) is 36.4 Å². The lowest BCUT2D eigenvalue weighted by Gasteiger charge is -2.13. The number of hydrogen-bond acceptors (Lipinski definition) is 8. The van der Waals surface area contributed by atoms with E-state index in [9.17, 15) is 9.59 Å². The summed E-state index contributed by atoms with van der Waals surface area (Å²) in [5.41, 5.74) is 13.1. The van der Waals surface area contributed by atoms with Crippen molar-refractivity contribution in [3.8, 4) is 11.6 Å². The van der Waals surface area contributed by atoms with E-state index in [4.69, 9.17) is 10.5 Å². The molecule has 1 heterocycles. The normalized spacial score (nSPS) is 10.1. The molecule has 0 aliphatic heterocycles. The monoisotopic (exact) mass is 393 g/mol. The fourth-order valence-electron chi connectivity index (χ4n) is 2.46. The summed E-state index contributed by atoms with van der Waals surface area (Å²) in [6.45, 7) is 1.84. The van der Waals surface area contributed by atoms with E-state index in [-0.39, 0.29) is 23.3 Å². The first kappa shape index (κ1) is 19.6. The Balaban J connectivity index is 1.70. The molecule has 0 bridgehead atoms. The van der Waals surface area contributed by atoms with E-state index in [2.05, 4.69) is 25.6 Å². The number of methoxy groups -OCH3 is 1. The van der Waals surface area contributed by atoms with Gasteiger partial charge in [0.15, 0.2) is 5.82 Å². The summed E-state index contributed by atoms with van der Waals surface area (Å²) in [5, 5.41) is 0. The Morgan fingerprint density at radius 1 is 1.03 bits per heavy atom. The number of esters is 1. The lowest BCUT2D eigenvalue weighted by Crippen LogP contribution is -2.30. The van der Waals surface area contributed by atoms with Gasteiger partial charge in [-0.25, -0.2) is 9.78 Å². The van der Waals surface area contributed by atoms with Crippen molar-refractivity contribution in [2.75, 3.05) is 18.3 Å². The van der Waals surface area contributed by atoms with Gasteiger partial charge in [-0.15, -0.1) is 0 Å². The van der Waals surface area contributed by atoms with Gasteiger partial charge in [0.05, 0.1) is 12.7 Å². The van der Waals surface area contributed by atoms with Gasteiger partial charge in [0, 0.05) is 5.56 Å². The molecular formula is C20H19N5O4. The highest BCUT2D eigenvalue weighted by Gasteiger charge is 2.13. The van der Waals surface area contributed by atoms with Gasteiger partial charge in [-0.05, 0) is 42.8 Å². The van der Waals surface area contributed by atoms with E-state index < -0.39 is 5.97 Å². The molecule has 0 radical (unpaired) electrons. The number of hydrogen-bond donors (Lipinski definition) is 3. The molecule has 0 aliphatic rings. The molecule has 148 valence electrons. The maximum Gasteiger partial charge on any atom is 0.337 e. The molecule has 1 aromatic heterocycles. The molecule has 3 rings (SSSR count). The molecule has 0 saturated heterocycles. The maximum atomic E-state index is 12.3. The number of nitrogen functional groups attached to an aromatic ring is 1. The number of amides is 1. The van der Waals surface area contributed by atoms with Crippen LogP contribution in [0.4, 0.5) is 11.5 Å². The van der Waals surface area contributed by atoms with Crippen LogP contribution in [0, 0.1) is 6.92 Å². The quantitative estimate of drug-likeness (QED) is 0.431. The second-order valence-corrected chi connectivity index (χ2v) is 5.95. The van der Waals surface area contributed by atoms with Crippen molar-refractivity contribution in [1.82, 2.24) is 15.4 Å². The number of aryl methyl sites for hydroxylation is 1. The molecular weight excluding hydrogens is 374 g/mol. The van der Waals surface area contributed by atoms with Crippen molar-refractivity contribution in [3.63, 3.8) is 0 Å². The second kappa shape index (κ2) is 8.70. The van der Waals surface area contributed by atoms with Gasteiger partial charge in [0.2, 0.25) is 5.88 Å². The van der Waals surface area contributed by atoms with Crippen molar-refractivity contribution < 1.29 is 19.1 Å². The minimum atomic E-state index is -0.450. The molecule has 0 spiro atoms. The average Bonchev–Trinajstić information content (AvgIpc) is 2.74. The largest absolute Gasteiger partial charge is 0.465 e. The smallest absolute Gasteiger partial charge is 0.337 e. The first-order valence-electron chi connectivity index (χ1n) is 8.58. The fraction of sp³-hybridized carbons (Fsp3) is 0.100. The second-order valence-electron chi connectivity index (χ2n) is 5.95. The number of nitrogens with two attached hydrogens (primary N) is 1. The maximum absolute atomic E-state index is 12.3. The minimum Gasteiger partial charge on any atom is -0.465 e. The van der Waals surface area contributed by atoms with E-state index in [1.807, 2.05) is 19.1 Å². The summed E-state index contributed by atoms with van der Waals surface area (Å²) in [4.78, 5) is 31.8. The lowest BCUT2D eigenvalue weighted by atomic mass is 10.1. The van der Waals surface area contributed by atoms with Gasteiger partial charge >= 0.3 is 5.97 Å². The first-order valence-corrected chi connectivity index (χ1v) is 8.58. The third kappa shape index (κ3) is 4.59. The molecule has 1 amide bonds. The summed E-state index contributed by atoms with van der Waals surface area (Å²) in [5.74, 6) is -0.0875. The first-order chi connectivity index (χ1) is 14.0. The Morgan fingerprint density at radius 2 is 1.76 bits per heavy atom. The van der Waals surface area contributed by atoms with Crippen molar-refractivity contribution in [2.45, 2.75) is 6.92 Å². The molecule has 29 heavy (non-hydrogen) atoms. The average molecular weight is 393 g/mol. The van der Waals surface area contributed by atoms with Crippen LogP contribution in [0.3, 0.4) is 0 Å². The Morgan fingerprint density at radius 3 is 2.45 bits per heavy atom. The number of hydrazine groups is 1. The summed E-state index contributed by atoms with van der Waals surface area (Å²) in [6.07, 6.45) is 1.25. The van der Waals surface area contributed by atoms with E-state index >= 15 is 0 Å². The zero-order valence-electron chi connectivity index (χ0n) is 15.8. The Hall–Kier alpha value is -4.14. The van der Waals surface area contributed by atoms with Gasteiger partial charge < -0.3 is 15.2 Å². The standard InChI is InChI=1S/C20H19N5O4/c1-12-5-3-4-6-15(12)18(26)25-24-17-16(21)19(23-11-22-17)29-14-9-7-13(8-10-14)20(27)28-2/h3-11H,21H2,1-2H3,(H,25,26)(H,22,23,24). The highest BCUT2D eigenvalue weighted by Crippen LogP contribution is 2.29. The molecule has 3 aromatic rings. The topological polar surface area (TPSA) is 128 Å². The lowest BCUT2D eigenvalue weighted by molar-refractivity contribution is 0.0600. The third-order valence-corrected chi connectivity index (χ3v) is 4.02. The van der Waals surface area contributed by atoms with E-state index in [0.29, 0.717) is 16.9 Å². The highest BCUT2D eigenvalue weighted by molar-refractivity contribution is 5.96. The van der Waals surface area contributed by atoms with Crippen LogP contribution in [0.5, 0.6) is 11.6 Å². The van der Waals surface area contributed by atoms with Crippen LogP contribution in [0.15, 0.2) is 54.9 Å².